The number of anilines is 1. The third-order valence-corrected chi connectivity index (χ3v) is 3.85. The Morgan fingerprint density at radius 2 is 2.04 bits per heavy atom. The van der Waals surface area contributed by atoms with Crippen LogP contribution in [0.5, 0.6) is 0 Å². The van der Waals surface area contributed by atoms with Gasteiger partial charge in [0, 0.05) is 5.69 Å². The minimum atomic E-state index is -0.603. The number of ether oxygens (including phenoxy) is 1. The first kappa shape index (κ1) is 15.0. The molecule has 1 aromatic heterocycles. The Morgan fingerprint density at radius 1 is 1.26 bits per heavy atom. The van der Waals surface area contributed by atoms with Gasteiger partial charge in [0.2, 0.25) is 0 Å². The first-order chi connectivity index (χ1) is 11.3. The lowest BCUT2D eigenvalue weighted by atomic mass is 9.95. The van der Waals surface area contributed by atoms with Gasteiger partial charge in [0.1, 0.15) is 12.7 Å². The van der Waals surface area contributed by atoms with Crippen LogP contribution in [0.15, 0.2) is 36.4 Å². The van der Waals surface area contributed by atoms with Gasteiger partial charge in [-0.05, 0) is 42.9 Å². The molecule has 116 valence electrons. The monoisotopic (exact) mass is 307 g/mol. The van der Waals surface area contributed by atoms with E-state index in [9.17, 15) is 10.1 Å². The number of hydrogen-bond acceptors (Lipinski definition) is 4. The Labute approximate surface area is 134 Å². The van der Waals surface area contributed by atoms with Crippen LogP contribution in [0.1, 0.15) is 35.2 Å². The molecule has 1 amide bonds. The Morgan fingerprint density at radius 3 is 2.83 bits per heavy atom. The van der Waals surface area contributed by atoms with Gasteiger partial charge in [0.25, 0.3) is 0 Å². The van der Waals surface area contributed by atoms with Crippen LogP contribution in [0.3, 0.4) is 0 Å². The molecule has 5 nitrogen and oxygen atoms in total. The van der Waals surface area contributed by atoms with E-state index < -0.39 is 6.09 Å². The van der Waals surface area contributed by atoms with Crippen LogP contribution in [-0.2, 0) is 24.2 Å². The van der Waals surface area contributed by atoms with E-state index in [-0.39, 0.29) is 12.4 Å². The lowest BCUT2D eigenvalue weighted by molar-refractivity contribution is 0.155. The quantitative estimate of drug-likeness (QED) is 0.940. The molecule has 3 rings (SSSR count). The summed E-state index contributed by atoms with van der Waals surface area (Å²) in [5, 5.41) is 11.8. The first-order valence-electron chi connectivity index (χ1n) is 7.67. The number of benzene rings is 1. The van der Waals surface area contributed by atoms with Gasteiger partial charge in [-0.25, -0.2) is 9.78 Å². The second-order valence-electron chi connectivity index (χ2n) is 5.50. The van der Waals surface area contributed by atoms with Gasteiger partial charge in [0.15, 0.2) is 5.82 Å². The summed E-state index contributed by atoms with van der Waals surface area (Å²) in [6, 6.07) is 13.4. The number of pyridine rings is 1. The van der Waals surface area contributed by atoms with E-state index in [1.165, 1.54) is 0 Å². The second kappa shape index (κ2) is 6.93. The lowest BCUT2D eigenvalue weighted by Crippen LogP contribution is -2.17. The standard InChI is InChI=1S/C18H17N3O2/c19-11-15-10-14-8-4-5-9-16(14)20-17(15)21-18(22)23-12-13-6-2-1-3-7-13/h1-3,6-7,10H,4-5,8-9,12H2,(H,20,21,22). The van der Waals surface area contributed by atoms with E-state index in [4.69, 9.17) is 4.74 Å². The lowest BCUT2D eigenvalue weighted by Gasteiger charge is -2.16. The maximum atomic E-state index is 11.9. The van der Waals surface area contributed by atoms with Crippen molar-refractivity contribution in [3.05, 3.63) is 58.8 Å². The number of fused-ring (bicyclic) bond motifs is 1. The molecule has 5 heteroatoms. The summed E-state index contributed by atoms with van der Waals surface area (Å²) in [5.41, 5.74) is 3.36. The van der Waals surface area contributed by atoms with E-state index >= 15 is 0 Å². The van der Waals surface area contributed by atoms with Crippen molar-refractivity contribution in [2.24, 2.45) is 0 Å². The number of nitrogens with zero attached hydrogens (tertiary/aromatic N) is 2. The predicted octanol–water partition coefficient (Wildman–Crippen LogP) is 3.58. The number of rotatable bonds is 3. The zero-order valence-electron chi connectivity index (χ0n) is 12.7. The molecule has 0 bridgehead atoms. The first-order valence-corrected chi connectivity index (χ1v) is 7.67. The summed E-state index contributed by atoms with van der Waals surface area (Å²) in [6.07, 6.45) is 3.42. The van der Waals surface area contributed by atoms with Gasteiger partial charge in [-0.2, -0.15) is 5.26 Å². The Bertz CT molecular complexity index is 751. The fourth-order valence-corrected chi connectivity index (χ4v) is 2.67. The fraction of sp³-hybridized carbons (Fsp3) is 0.278. The zero-order chi connectivity index (χ0) is 16.1. The molecule has 1 heterocycles. The highest BCUT2D eigenvalue weighted by Crippen LogP contribution is 2.24. The number of aryl methyl sites for hydroxylation is 2. The Hall–Kier alpha value is -2.87. The molecule has 2 aromatic rings. The largest absolute Gasteiger partial charge is 0.444 e. The molecule has 1 N–H and O–H groups in total. The highest BCUT2D eigenvalue weighted by atomic mass is 16.5. The van der Waals surface area contributed by atoms with Gasteiger partial charge in [0.05, 0.1) is 5.56 Å². The molecule has 0 spiro atoms. The molecular weight excluding hydrogens is 290 g/mol. The smallest absolute Gasteiger partial charge is 0.413 e. The van der Waals surface area contributed by atoms with E-state index in [0.717, 1.165) is 42.5 Å². The van der Waals surface area contributed by atoms with Crippen molar-refractivity contribution in [2.75, 3.05) is 5.32 Å². The maximum absolute atomic E-state index is 11.9. The van der Waals surface area contributed by atoms with Crippen molar-refractivity contribution in [3.63, 3.8) is 0 Å². The normalized spacial score (nSPS) is 12.8. The fourth-order valence-electron chi connectivity index (χ4n) is 2.67. The number of nitrogens with one attached hydrogen (secondary N) is 1. The molecule has 0 fully saturated rings. The highest BCUT2D eigenvalue weighted by Gasteiger charge is 2.17. The number of aromatic nitrogens is 1. The van der Waals surface area contributed by atoms with Crippen molar-refractivity contribution >= 4 is 11.9 Å². The number of carbonyl (C=O) groups is 1. The van der Waals surface area contributed by atoms with E-state index in [1.54, 1.807) is 0 Å². The van der Waals surface area contributed by atoms with Gasteiger partial charge in [-0.15, -0.1) is 0 Å². The molecule has 0 atom stereocenters. The number of amides is 1. The minimum absolute atomic E-state index is 0.180. The summed E-state index contributed by atoms with van der Waals surface area (Å²) in [7, 11) is 0. The van der Waals surface area contributed by atoms with E-state index in [2.05, 4.69) is 16.4 Å². The average Bonchev–Trinajstić information content (AvgIpc) is 2.60. The summed E-state index contributed by atoms with van der Waals surface area (Å²) >= 11 is 0. The topological polar surface area (TPSA) is 75.0 Å². The van der Waals surface area contributed by atoms with E-state index in [1.807, 2.05) is 36.4 Å². The van der Waals surface area contributed by atoms with Crippen LogP contribution in [0.4, 0.5) is 10.6 Å². The van der Waals surface area contributed by atoms with Crippen molar-refractivity contribution in [1.29, 1.82) is 5.26 Å². The SMILES string of the molecule is N#Cc1cc2c(nc1NC(=O)OCc1ccccc1)CCCC2. The average molecular weight is 307 g/mol. The second-order valence-corrected chi connectivity index (χ2v) is 5.50. The highest BCUT2D eigenvalue weighted by molar-refractivity contribution is 5.85. The van der Waals surface area contributed by atoms with Crippen LogP contribution < -0.4 is 5.32 Å². The molecule has 1 aliphatic carbocycles. The summed E-state index contributed by atoms with van der Waals surface area (Å²) < 4.78 is 5.18. The van der Waals surface area contributed by atoms with Gasteiger partial charge < -0.3 is 4.74 Å². The number of hydrogen-bond donors (Lipinski definition) is 1. The molecule has 0 saturated heterocycles. The molecule has 1 aromatic carbocycles. The van der Waals surface area contributed by atoms with Gasteiger partial charge in [-0.3, -0.25) is 5.32 Å². The Balaban J connectivity index is 1.69. The van der Waals surface area contributed by atoms with Crippen molar-refractivity contribution in [3.8, 4) is 6.07 Å². The van der Waals surface area contributed by atoms with Crippen LogP contribution in [0, 0.1) is 11.3 Å². The van der Waals surface area contributed by atoms with Crippen molar-refractivity contribution < 1.29 is 9.53 Å². The third kappa shape index (κ3) is 3.67. The molecule has 0 unspecified atom stereocenters. The summed E-state index contributed by atoms with van der Waals surface area (Å²) in [5.74, 6) is 0.284. The molecule has 23 heavy (non-hydrogen) atoms. The number of nitriles is 1. The van der Waals surface area contributed by atoms with Crippen LogP contribution in [0.25, 0.3) is 0 Å². The van der Waals surface area contributed by atoms with Crippen molar-refractivity contribution in [2.45, 2.75) is 32.3 Å². The Kier molecular flexibility index (Phi) is 4.53. The van der Waals surface area contributed by atoms with Crippen LogP contribution in [-0.4, -0.2) is 11.1 Å². The molecule has 0 aliphatic heterocycles. The van der Waals surface area contributed by atoms with Gasteiger partial charge >= 0.3 is 6.09 Å². The maximum Gasteiger partial charge on any atom is 0.413 e. The molecule has 0 radical (unpaired) electrons. The third-order valence-electron chi connectivity index (χ3n) is 3.85. The van der Waals surface area contributed by atoms with E-state index in [0.29, 0.717) is 5.56 Å². The van der Waals surface area contributed by atoms with Crippen LogP contribution >= 0.6 is 0 Å². The molecule has 0 saturated carbocycles. The van der Waals surface area contributed by atoms with Crippen molar-refractivity contribution in [1.82, 2.24) is 4.98 Å². The molecule has 1 aliphatic rings. The van der Waals surface area contributed by atoms with Gasteiger partial charge in [-0.1, -0.05) is 30.3 Å². The summed E-state index contributed by atoms with van der Waals surface area (Å²) in [4.78, 5) is 16.4. The predicted molar refractivity (Wildman–Crippen MR) is 85.8 cm³/mol. The molecular formula is C18H17N3O2. The zero-order valence-corrected chi connectivity index (χ0v) is 12.7. The number of carbonyl (C=O) groups excluding carboxylic acids is 1. The van der Waals surface area contributed by atoms with Crippen LogP contribution in [0.2, 0.25) is 0 Å². The minimum Gasteiger partial charge on any atom is -0.444 e. The summed E-state index contributed by atoms with van der Waals surface area (Å²) in [6.45, 7) is 0.180.